The van der Waals surface area contributed by atoms with E-state index < -0.39 is 33.6 Å². The third-order valence-corrected chi connectivity index (χ3v) is 20.0. The molecule has 0 fully saturated rings. The lowest BCUT2D eigenvalue weighted by molar-refractivity contribution is -0.161. The number of ether oxygens (including phenoxy) is 3. The molecule has 1 aliphatic carbocycles. The second kappa shape index (κ2) is 14.0. The van der Waals surface area contributed by atoms with E-state index in [1.54, 1.807) is 7.11 Å². The molecule has 8 heteroatoms. The van der Waals surface area contributed by atoms with Gasteiger partial charge in [0.15, 0.2) is 26.5 Å². The molecule has 6 nitrogen and oxygen atoms in total. The van der Waals surface area contributed by atoms with Crippen LogP contribution in [0.25, 0.3) is 0 Å². The molecule has 0 saturated heterocycles. The molecule has 0 radical (unpaired) electrons. The van der Waals surface area contributed by atoms with Gasteiger partial charge in [-0.25, -0.2) is 4.79 Å². The third kappa shape index (κ3) is 7.32. The van der Waals surface area contributed by atoms with Crippen molar-refractivity contribution in [3.63, 3.8) is 0 Å². The summed E-state index contributed by atoms with van der Waals surface area (Å²) in [6, 6.07) is 21.4. The molecule has 47 heavy (non-hydrogen) atoms. The summed E-state index contributed by atoms with van der Waals surface area (Å²) in [5, 5.41) is 2.44. The molecular formula is C39H56O6Si2. The van der Waals surface area contributed by atoms with Crippen molar-refractivity contribution in [1.29, 1.82) is 0 Å². The van der Waals surface area contributed by atoms with Crippen LogP contribution in [-0.2, 0) is 27.9 Å². The van der Waals surface area contributed by atoms with Gasteiger partial charge in [-0.05, 0) is 52.0 Å². The summed E-state index contributed by atoms with van der Waals surface area (Å²) in [4.78, 5) is 12.9. The minimum Gasteiger partial charge on any atom is -0.467 e. The van der Waals surface area contributed by atoms with Gasteiger partial charge in [-0.2, -0.15) is 0 Å². The van der Waals surface area contributed by atoms with Crippen molar-refractivity contribution in [1.82, 2.24) is 0 Å². The maximum Gasteiger partial charge on any atom is 0.335 e. The summed E-state index contributed by atoms with van der Waals surface area (Å²) in [6.45, 7) is 23.4. The van der Waals surface area contributed by atoms with Gasteiger partial charge >= 0.3 is 5.97 Å². The molecule has 0 unspecified atom stereocenters. The molecule has 2 aromatic rings. The summed E-state index contributed by atoms with van der Waals surface area (Å²) in [7, 11) is -3.16. The minimum atomic E-state index is -2.77. The Kier molecular flexibility index (Phi) is 11.0. The van der Waals surface area contributed by atoms with E-state index >= 15 is 0 Å². The van der Waals surface area contributed by atoms with E-state index in [0.29, 0.717) is 25.4 Å². The number of rotatable bonds is 12. The maximum atomic E-state index is 12.9. The first-order valence-corrected chi connectivity index (χ1v) is 21.6. The van der Waals surface area contributed by atoms with Gasteiger partial charge in [0, 0.05) is 13.5 Å². The van der Waals surface area contributed by atoms with Crippen LogP contribution in [0.5, 0.6) is 0 Å². The highest BCUT2D eigenvalue weighted by Gasteiger charge is 2.59. The quantitative estimate of drug-likeness (QED) is 0.0986. The molecule has 4 rings (SSSR count). The number of hydrogen-bond donors (Lipinski definition) is 0. The number of carbonyl (C=O) groups is 1. The van der Waals surface area contributed by atoms with Crippen LogP contribution in [-0.4, -0.2) is 55.3 Å². The van der Waals surface area contributed by atoms with Crippen molar-refractivity contribution in [2.45, 2.75) is 90.6 Å². The SMILES string of the molecule is COCOC1=CC(=O)O[C@]12C[C@@H](C)C(CO[Si](c1ccccc1)(c1ccccc1)C(C)(C)C)=C[C@]2(C)/C=C\CO[Si](C)(C)C(C)(C)C. The highest BCUT2D eigenvalue weighted by Crippen LogP contribution is 2.54. The zero-order valence-corrected chi connectivity index (χ0v) is 32.4. The molecule has 1 heterocycles. The van der Waals surface area contributed by atoms with Crippen LogP contribution in [0.3, 0.4) is 0 Å². The normalized spacial score (nSPS) is 24.0. The molecule has 0 bridgehead atoms. The molecule has 3 atom stereocenters. The van der Waals surface area contributed by atoms with Crippen LogP contribution in [0.15, 0.2) is 96.3 Å². The first-order valence-electron chi connectivity index (χ1n) is 16.8. The summed E-state index contributed by atoms with van der Waals surface area (Å²) in [5.41, 5.74) is -0.571. The van der Waals surface area contributed by atoms with Crippen molar-refractivity contribution in [3.05, 3.63) is 96.3 Å². The Bertz CT molecular complexity index is 1430. The summed E-state index contributed by atoms with van der Waals surface area (Å²) in [5.74, 6) is 0.149. The van der Waals surface area contributed by atoms with Crippen LogP contribution in [0.4, 0.5) is 0 Å². The Morgan fingerprint density at radius 3 is 2.00 bits per heavy atom. The van der Waals surface area contributed by atoms with E-state index in [0.717, 1.165) is 0 Å². The highest BCUT2D eigenvalue weighted by molar-refractivity contribution is 6.99. The molecule has 0 aromatic heterocycles. The smallest absolute Gasteiger partial charge is 0.335 e. The van der Waals surface area contributed by atoms with E-state index in [2.05, 4.69) is 147 Å². The lowest BCUT2D eigenvalue weighted by atomic mass is 9.62. The highest BCUT2D eigenvalue weighted by atomic mass is 28.4. The third-order valence-electron chi connectivity index (χ3n) is 10.5. The van der Waals surface area contributed by atoms with Crippen LogP contribution in [0.1, 0.15) is 61.8 Å². The first kappa shape index (κ1) is 37.1. The maximum absolute atomic E-state index is 12.9. The average molecular weight is 677 g/mol. The van der Waals surface area contributed by atoms with E-state index in [1.165, 1.54) is 22.0 Å². The van der Waals surface area contributed by atoms with Gasteiger partial charge in [0.2, 0.25) is 0 Å². The molecular weight excluding hydrogens is 621 g/mol. The molecule has 0 N–H and O–H groups in total. The Balaban J connectivity index is 1.78. The molecule has 2 aromatic carbocycles. The van der Waals surface area contributed by atoms with E-state index in [1.807, 2.05) is 0 Å². The van der Waals surface area contributed by atoms with Crippen molar-refractivity contribution in [2.75, 3.05) is 27.1 Å². The average Bonchev–Trinajstić information content (AvgIpc) is 3.32. The van der Waals surface area contributed by atoms with Gasteiger partial charge in [-0.3, -0.25) is 0 Å². The van der Waals surface area contributed by atoms with Crippen molar-refractivity contribution in [2.24, 2.45) is 11.3 Å². The fourth-order valence-corrected chi connectivity index (χ4v) is 12.3. The van der Waals surface area contributed by atoms with Gasteiger partial charge in [0.25, 0.3) is 8.32 Å². The first-order chi connectivity index (χ1) is 21.9. The Labute approximate surface area is 285 Å². The largest absolute Gasteiger partial charge is 0.467 e. The van der Waals surface area contributed by atoms with Gasteiger partial charge < -0.3 is 23.1 Å². The van der Waals surface area contributed by atoms with Crippen LogP contribution >= 0.6 is 0 Å². The standard InChI is InChI=1S/C39H56O6Si2/c1-30-26-39(34(42-29-41-9)25-35(40)45-39)38(8,23-18-24-43-46(10,11)36(2,3)4)27-31(30)28-44-47(37(5,6)7,32-19-14-12-15-20-32)33-21-16-13-17-22-33/h12-23,25,27,30H,24,26,28-29H2,1-11H3/b23-18-/t30-,38+,39-/m1/s1. The fraction of sp³-hybridized carbons (Fsp3) is 0.513. The van der Waals surface area contributed by atoms with Gasteiger partial charge in [-0.15, -0.1) is 0 Å². The lowest BCUT2D eigenvalue weighted by Crippen LogP contribution is -2.66. The Morgan fingerprint density at radius 1 is 0.915 bits per heavy atom. The summed E-state index contributed by atoms with van der Waals surface area (Å²) in [6.07, 6.45) is 8.49. The van der Waals surface area contributed by atoms with E-state index in [4.69, 9.17) is 23.1 Å². The molecule has 1 spiro atoms. The van der Waals surface area contributed by atoms with Crippen LogP contribution in [0, 0.1) is 11.3 Å². The topological polar surface area (TPSA) is 63.2 Å². The molecule has 0 amide bonds. The number of methoxy groups -OCH3 is 1. The summed E-state index contributed by atoms with van der Waals surface area (Å²) >= 11 is 0. The van der Waals surface area contributed by atoms with Crippen molar-refractivity contribution < 1.29 is 27.9 Å². The number of hydrogen-bond acceptors (Lipinski definition) is 6. The van der Waals surface area contributed by atoms with Crippen molar-refractivity contribution >= 4 is 33.0 Å². The zero-order valence-electron chi connectivity index (χ0n) is 30.4. The van der Waals surface area contributed by atoms with E-state index in [9.17, 15) is 4.79 Å². The Morgan fingerprint density at radius 2 is 1.49 bits per heavy atom. The number of benzene rings is 2. The zero-order chi connectivity index (χ0) is 34.7. The predicted molar refractivity (Wildman–Crippen MR) is 196 cm³/mol. The second-order valence-electron chi connectivity index (χ2n) is 15.8. The van der Waals surface area contributed by atoms with E-state index in [-0.39, 0.29) is 22.8 Å². The Hall–Kier alpha value is -2.76. The predicted octanol–water partition coefficient (Wildman–Crippen LogP) is 7.91. The number of esters is 1. The van der Waals surface area contributed by atoms with Gasteiger partial charge in [-0.1, -0.05) is 127 Å². The molecule has 0 saturated carbocycles. The molecule has 1 aliphatic heterocycles. The minimum absolute atomic E-state index is 0.0282. The van der Waals surface area contributed by atoms with Gasteiger partial charge in [0.05, 0.1) is 24.7 Å². The summed E-state index contributed by atoms with van der Waals surface area (Å²) < 4.78 is 31.5. The van der Waals surface area contributed by atoms with Crippen LogP contribution < -0.4 is 10.4 Å². The van der Waals surface area contributed by atoms with Gasteiger partial charge in [0.1, 0.15) is 0 Å². The van der Waals surface area contributed by atoms with Crippen LogP contribution in [0.2, 0.25) is 23.2 Å². The fourth-order valence-electron chi connectivity index (χ4n) is 6.79. The monoisotopic (exact) mass is 676 g/mol. The number of carbonyl (C=O) groups excluding carboxylic acids is 1. The molecule has 256 valence electrons. The lowest BCUT2D eigenvalue weighted by Gasteiger charge is -2.49. The second-order valence-corrected chi connectivity index (χ2v) is 25.0. The molecule has 2 aliphatic rings. The van der Waals surface area contributed by atoms with Crippen molar-refractivity contribution in [3.8, 4) is 0 Å².